The summed E-state index contributed by atoms with van der Waals surface area (Å²) in [6.45, 7) is 0. The van der Waals surface area contributed by atoms with E-state index in [-0.39, 0.29) is 0 Å². The van der Waals surface area contributed by atoms with E-state index in [1.165, 1.54) is 0 Å². The minimum absolute atomic E-state index is 1.03. The van der Waals surface area contributed by atoms with E-state index in [9.17, 15) is 25.9 Å². The molecule has 0 amide bonds. The predicted octanol–water partition coefficient (Wildman–Crippen LogP) is 3.32. The second-order valence-corrected chi connectivity index (χ2v) is 2.41. The number of imidazole rings is 1. The Morgan fingerprint density at radius 2 is 1.35 bits per heavy atom. The van der Waals surface area contributed by atoms with Crippen LogP contribution in [0.15, 0.2) is 30.6 Å². The molecule has 0 aliphatic heterocycles. The number of para-hydroxylation sites is 2. The number of benzene rings is 1. The van der Waals surface area contributed by atoms with E-state index in [0.717, 1.165) is 11.0 Å². The Morgan fingerprint density at radius 1 is 0.882 bits per heavy atom. The van der Waals surface area contributed by atoms with Crippen molar-refractivity contribution < 1.29 is 25.9 Å². The number of nitrogens with zero attached hydrogens (tertiary/aromatic N) is 1. The summed E-state index contributed by atoms with van der Waals surface area (Å²) in [6, 6.07) is 7.94. The van der Waals surface area contributed by atoms with Crippen molar-refractivity contribution in [1.29, 1.82) is 0 Å². The summed E-state index contributed by atoms with van der Waals surface area (Å²) in [4.78, 5) is 7.07. The van der Waals surface area contributed by atoms with Crippen molar-refractivity contribution in [3.63, 3.8) is 0 Å². The molecule has 0 bridgehead atoms. The van der Waals surface area contributed by atoms with Gasteiger partial charge in [-0.05, 0) is 12.1 Å². The van der Waals surface area contributed by atoms with Crippen molar-refractivity contribution in [2.75, 3.05) is 0 Å². The van der Waals surface area contributed by atoms with Gasteiger partial charge in [-0.2, -0.15) is 0 Å². The van der Waals surface area contributed by atoms with Crippen molar-refractivity contribution in [3.8, 4) is 0 Å². The summed E-state index contributed by atoms with van der Waals surface area (Å²) in [7, 11) is -7.33. The molecule has 1 N–H and O–H groups in total. The van der Waals surface area contributed by atoms with E-state index < -0.39 is 15.1 Å². The van der Waals surface area contributed by atoms with Crippen LogP contribution in [-0.2, 0) is 0 Å². The van der Waals surface area contributed by atoms with Gasteiger partial charge in [0.05, 0.1) is 17.4 Å². The molecule has 0 saturated heterocycles. The summed E-state index contributed by atoms with van der Waals surface area (Å²) in [5.74, 6) is 0. The molecule has 0 saturated carbocycles. The van der Waals surface area contributed by atoms with E-state index in [1.807, 2.05) is 24.3 Å². The quantitative estimate of drug-likeness (QED) is 0.566. The zero-order chi connectivity index (χ0) is 13.3. The molecule has 2 nitrogen and oxygen atoms in total. The standard InChI is InChI=1S/C7H6N2.2BF3/c1-2-4-7-6(3-1)8-5-9-7;2*2-1(3)4/h1-5H,(H,8,9);;. The van der Waals surface area contributed by atoms with Crippen LogP contribution >= 0.6 is 0 Å². The van der Waals surface area contributed by atoms with Gasteiger partial charge in [0.2, 0.25) is 0 Å². The van der Waals surface area contributed by atoms with Gasteiger partial charge in [0.1, 0.15) is 0 Å². The second kappa shape index (κ2) is 8.54. The molecule has 1 aromatic heterocycles. The summed E-state index contributed by atoms with van der Waals surface area (Å²) in [6.07, 6.45) is 1.70. The molecule has 0 atom stereocenters. The van der Waals surface area contributed by atoms with E-state index in [1.54, 1.807) is 6.33 Å². The molecule has 0 aliphatic carbocycles. The Kier molecular flexibility index (Phi) is 7.74. The zero-order valence-electron chi connectivity index (χ0n) is 8.26. The first-order valence-electron chi connectivity index (χ1n) is 4.16. The first-order valence-corrected chi connectivity index (χ1v) is 4.16. The first-order chi connectivity index (χ1) is 7.93. The molecule has 0 spiro atoms. The summed E-state index contributed by atoms with van der Waals surface area (Å²) in [5, 5.41) is 0. The maximum absolute atomic E-state index is 9.67. The highest BCUT2D eigenvalue weighted by atomic mass is 19.4. The van der Waals surface area contributed by atoms with Gasteiger partial charge in [-0.3, -0.25) is 25.9 Å². The van der Waals surface area contributed by atoms with Crippen LogP contribution in [0.5, 0.6) is 0 Å². The topological polar surface area (TPSA) is 28.7 Å². The van der Waals surface area contributed by atoms with Crippen LogP contribution < -0.4 is 0 Å². The number of aromatic amines is 1. The third-order valence-corrected chi connectivity index (χ3v) is 1.33. The van der Waals surface area contributed by atoms with Crippen LogP contribution in [0.25, 0.3) is 11.0 Å². The lowest BCUT2D eigenvalue weighted by Crippen LogP contribution is -1.76. The van der Waals surface area contributed by atoms with Gasteiger partial charge in [-0.25, -0.2) is 4.98 Å². The Labute approximate surface area is 93.5 Å². The van der Waals surface area contributed by atoms with E-state index >= 15 is 0 Å². The molecule has 17 heavy (non-hydrogen) atoms. The Hall–Kier alpha value is -1.60. The molecule has 0 fully saturated rings. The van der Waals surface area contributed by atoms with Crippen molar-refractivity contribution in [1.82, 2.24) is 9.97 Å². The fraction of sp³-hybridized carbons (Fsp3) is 0. The van der Waals surface area contributed by atoms with Gasteiger partial charge >= 0.3 is 15.1 Å². The number of H-pyrrole nitrogens is 1. The number of hydrogen-bond donors (Lipinski definition) is 1. The smallest absolute Gasteiger partial charge is 0.345 e. The Morgan fingerprint density at radius 3 is 1.82 bits per heavy atom. The van der Waals surface area contributed by atoms with Gasteiger partial charge in [0.25, 0.3) is 0 Å². The molecular weight excluding hydrogens is 248 g/mol. The van der Waals surface area contributed by atoms with Gasteiger partial charge in [0.15, 0.2) is 0 Å². The molecule has 10 heteroatoms. The number of fused-ring (bicyclic) bond motifs is 1. The van der Waals surface area contributed by atoms with E-state index in [4.69, 9.17) is 0 Å². The molecule has 2 aromatic rings. The highest BCUT2D eigenvalue weighted by molar-refractivity contribution is 6.33. The molecule has 2 rings (SSSR count). The summed E-state index contributed by atoms with van der Waals surface area (Å²) in [5.41, 5.74) is 2.12. The number of halogens is 6. The fourth-order valence-corrected chi connectivity index (χ4v) is 0.880. The second-order valence-electron chi connectivity index (χ2n) is 2.41. The molecule has 92 valence electrons. The third-order valence-electron chi connectivity index (χ3n) is 1.33. The minimum atomic E-state index is -3.67. The van der Waals surface area contributed by atoms with Gasteiger partial charge in [0, 0.05) is 0 Å². The zero-order valence-corrected chi connectivity index (χ0v) is 8.26. The molecule has 1 heterocycles. The van der Waals surface area contributed by atoms with Gasteiger partial charge in [-0.15, -0.1) is 0 Å². The average molecular weight is 254 g/mol. The normalized spacial score (nSPS) is 8.59. The minimum Gasteiger partial charge on any atom is -0.345 e. The van der Waals surface area contributed by atoms with Crippen LogP contribution in [0.4, 0.5) is 25.9 Å². The largest absolute Gasteiger partial charge is 0.762 e. The van der Waals surface area contributed by atoms with Crippen LogP contribution in [0.3, 0.4) is 0 Å². The average Bonchev–Trinajstić information content (AvgIpc) is 2.62. The van der Waals surface area contributed by atoms with E-state index in [0.29, 0.717) is 0 Å². The number of hydrogen-bond acceptors (Lipinski definition) is 1. The van der Waals surface area contributed by atoms with Crippen molar-refractivity contribution >= 4 is 26.1 Å². The Bertz CT molecular complexity index is 368. The summed E-state index contributed by atoms with van der Waals surface area (Å²) >= 11 is 0. The molecular formula is C7H6B2F6N2. The molecule has 0 aliphatic rings. The van der Waals surface area contributed by atoms with Gasteiger partial charge in [-0.1, -0.05) is 12.1 Å². The fourth-order valence-electron chi connectivity index (χ4n) is 0.880. The highest BCUT2D eigenvalue weighted by Gasteiger charge is 2.06. The predicted molar refractivity (Wildman–Crippen MR) is 54.2 cm³/mol. The highest BCUT2D eigenvalue weighted by Crippen LogP contribution is 2.05. The number of nitrogens with one attached hydrogen (secondary N) is 1. The lowest BCUT2D eigenvalue weighted by molar-refractivity contribution is 0.533. The van der Waals surface area contributed by atoms with Crippen LogP contribution in [0, 0.1) is 0 Å². The maximum atomic E-state index is 9.67. The third kappa shape index (κ3) is 9.34. The molecule has 1 aromatic carbocycles. The lowest BCUT2D eigenvalue weighted by Gasteiger charge is -1.81. The lowest BCUT2D eigenvalue weighted by atomic mass is 10.3. The van der Waals surface area contributed by atoms with Crippen LogP contribution in [0.1, 0.15) is 0 Å². The maximum Gasteiger partial charge on any atom is 0.762 e. The first kappa shape index (κ1) is 15.4. The van der Waals surface area contributed by atoms with E-state index in [2.05, 4.69) is 9.97 Å². The van der Waals surface area contributed by atoms with Crippen molar-refractivity contribution in [3.05, 3.63) is 30.6 Å². The summed E-state index contributed by atoms with van der Waals surface area (Å²) < 4.78 is 58.0. The number of aromatic nitrogens is 2. The van der Waals surface area contributed by atoms with Crippen molar-refractivity contribution in [2.45, 2.75) is 0 Å². The SMILES string of the molecule is FB(F)F.FB(F)F.c1ccc2[nH]cnc2c1. The monoisotopic (exact) mass is 254 g/mol. The van der Waals surface area contributed by atoms with Gasteiger partial charge < -0.3 is 4.98 Å². The number of rotatable bonds is 0. The van der Waals surface area contributed by atoms with Crippen LogP contribution in [-0.4, -0.2) is 25.1 Å². The molecule has 0 unspecified atom stereocenters. The Balaban J connectivity index is 0.000000274. The molecule has 0 radical (unpaired) electrons. The van der Waals surface area contributed by atoms with Crippen molar-refractivity contribution in [2.24, 2.45) is 0 Å². The van der Waals surface area contributed by atoms with Crippen LogP contribution in [0.2, 0.25) is 0 Å².